The molecule has 62 valence electrons. The summed E-state index contributed by atoms with van der Waals surface area (Å²) >= 11 is 0. The molecule has 1 unspecified atom stereocenters. The number of ketones is 1. The summed E-state index contributed by atoms with van der Waals surface area (Å²) in [6.07, 6.45) is 1.88. The van der Waals surface area contributed by atoms with Gasteiger partial charge in [-0.1, -0.05) is 20.8 Å². The van der Waals surface area contributed by atoms with Gasteiger partial charge in [-0.2, -0.15) is 0 Å². The average Bonchev–Trinajstić information content (AvgIpc) is 1.81. The predicted molar refractivity (Wildman–Crippen MR) is 43.3 cm³/mol. The Kier molecular flexibility index (Phi) is 1.78. The summed E-state index contributed by atoms with van der Waals surface area (Å²) in [6, 6.07) is 0. The zero-order valence-electron chi connectivity index (χ0n) is 7.22. The van der Waals surface area contributed by atoms with E-state index in [1.54, 1.807) is 0 Å². The molecule has 1 aliphatic rings. The van der Waals surface area contributed by atoms with Crippen molar-refractivity contribution in [3.8, 4) is 0 Å². The van der Waals surface area contributed by atoms with E-state index >= 15 is 0 Å². The van der Waals surface area contributed by atoms with Gasteiger partial charge in [0.25, 0.3) is 0 Å². The molecule has 1 atom stereocenters. The number of rotatable bonds is 0. The second kappa shape index (κ2) is 2.36. The second-order valence-corrected chi connectivity index (χ2v) is 3.92. The van der Waals surface area contributed by atoms with E-state index in [0.29, 0.717) is 6.42 Å². The van der Waals surface area contributed by atoms with Crippen molar-refractivity contribution in [3.05, 3.63) is 11.8 Å². The molecule has 0 bridgehead atoms. The van der Waals surface area contributed by atoms with Gasteiger partial charge >= 0.3 is 0 Å². The third kappa shape index (κ3) is 1.44. The standard InChI is InChI=1S/C9H14O2/c1-6-8(11)4-7(10)5-9(6,2)3/h4,6,11H,5H2,1-3H3. The SMILES string of the molecule is CC1C(O)=CC(=O)CC1(C)C. The van der Waals surface area contributed by atoms with Crippen LogP contribution in [0.3, 0.4) is 0 Å². The Bertz CT molecular complexity index is 214. The highest BCUT2D eigenvalue weighted by Crippen LogP contribution is 2.37. The third-order valence-corrected chi connectivity index (χ3v) is 2.55. The fourth-order valence-corrected chi connectivity index (χ4v) is 1.34. The van der Waals surface area contributed by atoms with Gasteiger partial charge in [-0.3, -0.25) is 4.79 Å². The third-order valence-electron chi connectivity index (χ3n) is 2.55. The Balaban J connectivity index is 2.95. The maximum absolute atomic E-state index is 11.0. The molecule has 2 nitrogen and oxygen atoms in total. The molecule has 1 rings (SSSR count). The minimum atomic E-state index is -0.0874. The van der Waals surface area contributed by atoms with Crippen LogP contribution >= 0.6 is 0 Å². The molecule has 0 aliphatic heterocycles. The van der Waals surface area contributed by atoms with Gasteiger partial charge in [0.1, 0.15) is 0 Å². The molecular formula is C9H14O2. The highest BCUT2D eigenvalue weighted by atomic mass is 16.3. The van der Waals surface area contributed by atoms with Crippen LogP contribution in [-0.4, -0.2) is 10.9 Å². The topological polar surface area (TPSA) is 37.3 Å². The lowest BCUT2D eigenvalue weighted by molar-refractivity contribution is -0.118. The summed E-state index contributed by atoms with van der Waals surface area (Å²) in [5.41, 5.74) is -0.0874. The molecule has 0 fully saturated rings. The lowest BCUT2D eigenvalue weighted by Gasteiger charge is -2.33. The molecule has 2 heteroatoms. The van der Waals surface area contributed by atoms with Gasteiger partial charge in [0.15, 0.2) is 5.78 Å². The lowest BCUT2D eigenvalue weighted by atomic mass is 9.72. The number of aliphatic hydroxyl groups excluding tert-OH is 1. The molecule has 0 amide bonds. The van der Waals surface area contributed by atoms with E-state index in [4.69, 9.17) is 0 Å². The fourth-order valence-electron chi connectivity index (χ4n) is 1.34. The van der Waals surface area contributed by atoms with Gasteiger partial charge in [0.05, 0.1) is 5.76 Å². The van der Waals surface area contributed by atoms with Gasteiger partial charge in [0.2, 0.25) is 0 Å². The fraction of sp³-hybridized carbons (Fsp3) is 0.667. The first-order valence-electron chi connectivity index (χ1n) is 3.87. The van der Waals surface area contributed by atoms with Gasteiger partial charge in [0, 0.05) is 18.4 Å². The normalized spacial score (nSPS) is 29.9. The molecule has 0 saturated carbocycles. The van der Waals surface area contributed by atoms with Crippen LogP contribution in [-0.2, 0) is 4.79 Å². The highest BCUT2D eigenvalue weighted by molar-refractivity contribution is 5.91. The average molecular weight is 154 g/mol. The Morgan fingerprint density at radius 3 is 2.64 bits per heavy atom. The van der Waals surface area contributed by atoms with Crippen LogP contribution < -0.4 is 0 Å². The largest absolute Gasteiger partial charge is 0.512 e. The van der Waals surface area contributed by atoms with Crippen molar-refractivity contribution >= 4 is 5.78 Å². The van der Waals surface area contributed by atoms with Crippen LogP contribution in [0.1, 0.15) is 27.2 Å². The number of carbonyl (C=O) groups is 1. The first-order valence-corrected chi connectivity index (χ1v) is 3.87. The minimum Gasteiger partial charge on any atom is -0.512 e. The zero-order chi connectivity index (χ0) is 8.65. The van der Waals surface area contributed by atoms with E-state index in [9.17, 15) is 9.90 Å². The van der Waals surface area contributed by atoms with Crippen LogP contribution in [0.5, 0.6) is 0 Å². The van der Waals surface area contributed by atoms with E-state index < -0.39 is 0 Å². The van der Waals surface area contributed by atoms with Crippen molar-refractivity contribution in [2.45, 2.75) is 27.2 Å². The first kappa shape index (κ1) is 8.31. The molecule has 1 aliphatic carbocycles. The van der Waals surface area contributed by atoms with E-state index in [1.807, 2.05) is 20.8 Å². The molecule has 0 spiro atoms. The number of hydrogen-bond donors (Lipinski definition) is 1. The van der Waals surface area contributed by atoms with Crippen molar-refractivity contribution in [2.24, 2.45) is 11.3 Å². The summed E-state index contributed by atoms with van der Waals surface area (Å²) < 4.78 is 0. The molecular weight excluding hydrogens is 140 g/mol. The Hall–Kier alpha value is -0.790. The zero-order valence-corrected chi connectivity index (χ0v) is 7.22. The monoisotopic (exact) mass is 154 g/mol. The summed E-state index contributed by atoms with van der Waals surface area (Å²) in [7, 11) is 0. The quantitative estimate of drug-likeness (QED) is 0.580. The first-order chi connectivity index (χ1) is 4.93. The Morgan fingerprint density at radius 1 is 1.64 bits per heavy atom. The van der Waals surface area contributed by atoms with Crippen LogP contribution in [0.25, 0.3) is 0 Å². The van der Waals surface area contributed by atoms with Crippen molar-refractivity contribution in [3.63, 3.8) is 0 Å². The van der Waals surface area contributed by atoms with Gasteiger partial charge in [-0.25, -0.2) is 0 Å². The van der Waals surface area contributed by atoms with E-state index in [0.717, 1.165) is 0 Å². The lowest BCUT2D eigenvalue weighted by Crippen LogP contribution is -2.30. The van der Waals surface area contributed by atoms with Crippen molar-refractivity contribution in [1.29, 1.82) is 0 Å². The maximum atomic E-state index is 11.0. The molecule has 0 radical (unpaired) electrons. The molecule has 11 heavy (non-hydrogen) atoms. The van der Waals surface area contributed by atoms with Gasteiger partial charge < -0.3 is 5.11 Å². The summed E-state index contributed by atoms with van der Waals surface area (Å²) in [5, 5.41) is 9.32. The Morgan fingerprint density at radius 2 is 2.18 bits per heavy atom. The maximum Gasteiger partial charge on any atom is 0.159 e. The van der Waals surface area contributed by atoms with Crippen LogP contribution in [0.2, 0.25) is 0 Å². The molecule has 0 aromatic rings. The van der Waals surface area contributed by atoms with Crippen LogP contribution in [0.4, 0.5) is 0 Å². The second-order valence-electron chi connectivity index (χ2n) is 3.92. The molecule has 0 saturated heterocycles. The van der Waals surface area contributed by atoms with E-state index in [2.05, 4.69) is 0 Å². The van der Waals surface area contributed by atoms with Gasteiger partial charge in [-0.15, -0.1) is 0 Å². The Labute approximate surface area is 66.9 Å². The molecule has 0 aromatic carbocycles. The van der Waals surface area contributed by atoms with Gasteiger partial charge in [-0.05, 0) is 5.41 Å². The molecule has 0 aromatic heterocycles. The number of hydrogen-bond acceptors (Lipinski definition) is 2. The molecule has 0 heterocycles. The predicted octanol–water partition coefficient (Wildman–Crippen LogP) is 2.06. The summed E-state index contributed by atoms with van der Waals surface area (Å²) in [4.78, 5) is 11.0. The van der Waals surface area contributed by atoms with E-state index in [1.165, 1.54) is 6.08 Å². The number of carbonyl (C=O) groups excluding carboxylic acids is 1. The van der Waals surface area contributed by atoms with E-state index in [-0.39, 0.29) is 22.9 Å². The number of allylic oxidation sites excluding steroid dienone is 2. The van der Waals surface area contributed by atoms with Crippen LogP contribution in [0, 0.1) is 11.3 Å². The smallest absolute Gasteiger partial charge is 0.159 e. The van der Waals surface area contributed by atoms with Crippen molar-refractivity contribution in [2.75, 3.05) is 0 Å². The minimum absolute atomic E-state index is 0.0330. The molecule has 1 N–H and O–H groups in total. The van der Waals surface area contributed by atoms with Crippen molar-refractivity contribution < 1.29 is 9.90 Å². The van der Waals surface area contributed by atoms with Crippen LogP contribution in [0.15, 0.2) is 11.8 Å². The highest BCUT2D eigenvalue weighted by Gasteiger charge is 2.34. The summed E-state index contributed by atoms with van der Waals surface area (Å²) in [6.45, 7) is 5.94. The van der Waals surface area contributed by atoms with Crippen molar-refractivity contribution in [1.82, 2.24) is 0 Å². The summed E-state index contributed by atoms with van der Waals surface area (Å²) in [5.74, 6) is 0.358. The number of aliphatic hydroxyl groups is 1.